The average Bonchev–Trinajstić information content (AvgIpc) is 3.31. The molecule has 3 aromatic heterocycles. The number of rotatable bonds is 4. The van der Waals surface area contributed by atoms with Crippen LogP contribution in [0.1, 0.15) is 17.2 Å². The molecule has 130 valence electrons. The molecule has 3 heterocycles. The molecule has 1 aromatic carbocycles. The predicted octanol–water partition coefficient (Wildman–Crippen LogP) is 6.93. The highest BCUT2D eigenvalue weighted by Crippen LogP contribution is 2.45. The third-order valence-electron chi connectivity index (χ3n) is 4.11. The first kappa shape index (κ1) is 17.7. The van der Waals surface area contributed by atoms with Gasteiger partial charge >= 0.3 is 0 Å². The Bertz CT molecular complexity index is 1030. The van der Waals surface area contributed by atoms with Gasteiger partial charge in [-0.1, -0.05) is 35.3 Å². The summed E-state index contributed by atoms with van der Waals surface area (Å²) >= 11 is 15.7. The summed E-state index contributed by atoms with van der Waals surface area (Å²) in [7, 11) is 0. The summed E-state index contributed by atoms with van der Waals surface area (Å²) in [5.41, 5.74) is 4.44. The predicted molar refractivity (Wildman–Crippen MR) is 111 cm³/mol. The van der Waals surface area contributed by atoms with E-state index in [1.54, 1.807) is 41.1 Å². The number of hydrogen-bond acceptors (Lipinski definition) is 4. The quantitative estimate of drug-likeness (QED) is 0.390. The minimum Gasteiger partial charge on any atom is -0.384 e. The number of pyridine rings is 1. The van der Waals surface area contributed by atoms with Crippen molar-refractivity contribution >= 4 is 45.9 Å². The highest BCUT2D eigenvalue weighted by atomic mass is 35.5. The average molecular weight is 418 g/mol. The van der Waals surface area contributed by atoms with Crippen LogP contribution in [0.4, 0.5) is 0 Å². The molecule has 2 nitrogen and oxygen atoms in total. The van der Waals surface area contributed by atoms with Gasteiger partial charge in [0.25, 0.3) is 0 Å². The van der Waals surface area contributed by atoms with Gasteiger partial charge in [-0.15, -0.1) is 11.3 Å². The fourth-order valence-corrected chi connectivity index (χ4v) is 5.21. The third kappa shape index (κ3) is 3.31. The summed E-state index contributed by atoms with van der Waals surface area (Å²) < 4.78 is 0. The molecule has 6 heteroatoms. The normalized spacial score (nSPS) is 12.3. The van der Waals surface area contributed by atoms with Gasteiger partial charge in [0.05, 0.1) is 0 Å². The fraction of sp³-hybridized carbons (Fsp3) is 0.0500. The molecule has 0 fully saturated rings. The van der Waals surface area contributed by atoms with Crippen LogP contribution in [0.5, 0.6) is 0 Å². The van der Waals surface area contributed by atoms with Gasteiger partial charge < -0.3 is 5.11 Å². The van der Waals surface area contributed by atoms with Gasteiger partial charge in [-0.05, 0) is 40.4 Å². The minimum atomic E-state index is -0.799. The van der Waals surface area contributed by atoms with Gasteiger partial charge in [-0.25, -0.2) is 0 Å². The molecule has 1 unspecified atom stereocenters. The Morgan fingerprint density at radius 3 is 2.62 bits per heavy atom. The van der Waals surface area contributed by atoms with Gasteiger partial charge in [0.1, 0.15) is 6.10 Å². The molecule has 0 saturated heterocycles. The monoisotopic (exact) mass is 417 g/mol. The second-order valence-electron chi connectivity index (χ2n) is 5.72. The number of nitrogens with zero attached hydrogens (tertiary/aromatic N) is 1. The van der Waals surface area contributed by atoms with Crippen molar-refractivity contribution in [2.75, 3.05) is 0 Å². The zero-order valence-corrected chi connectivity index (χ0v) is 16.5. The van der Waals surface area contributed by atoms with Crippen LogP contribution in [0.15, 0.2) is 64.9 Å². The lowest BCUT2D eigenvalue weighted by Crippen LogP contribution is -2.02. The maximum atomic E-state index is 11.1. The van der Waals surface area contributed by atoms with E-state index in [9.17, 15) is 5.11 Å². The number of benzene rings is 1. The summed E-state index contributed by atoms with van der Waals surface area (Å²) in [6.45, 7) is 0. The van der Waals surface area contributed by atoms with Crippen LogP contribution < -0.4 is 0 Å². The molecule has 0 aliphatic heterocycles. The molecule has 0 radical (unpaired) electrons. The van der Waals surface area contributed by atoms with Crippen molar-refractivity contribution in [1.29, 1.82) is 0 Å². The molecule has 0 bridgehead atoms. The largest absolute Gasteiger partial charge is 0.384 e. The molecule has 0 spiro atoms. The number of aliphatic hydroxyl groups is 1. The molecule has 0 amide bonds. The molecule has 1 atom stereocenters. The smallest absolute Gasteiger partial charge is 0.108 e. The Morgan fingerprint density at radius 2 is 1.92 bits per heavy atom. The van der Waals surface area contributed by atoms with E-state index in [0.29, 0.717) is 10.0 Å². The summed E-state index contributed by atoms with van der Waals surface area (Å²) in [6.07, 6.45) is 2.58. The second kappa shape index (κ2) is 7.51. The number of thiophene rings is 2. The Kier molecular flexibility index (Phi) is 5.11. The summed E-state index contributed by atoms with van der Waals surface area (Å²) in [5.74, 6) is 0. The standard InChI is InChI=1S/C20H13Cl2NOS2/c21-14-3-4-15(17(22)8-14)16-11-26-20(13-5-7-25-10-13)18(16)19(24)12-2-1-6-23-9-12/h1-11,19,24H. The minimum absolute atomic E-state index is 0.562. The molecule has 26 heavy (non-hydrogen) atoms. The second-order valence-corrected chi connectivity index (χ2v) is 8.22. The topological polar surface area (TPSA) is 33.1 Å². The van der Waals surface area contributed by atoms with Crippen molar-refractivity contribution in [3.05, 3.63) is 86.1 Å². The Balaban J connectivity index is 1.93. The van der Waals surface area contributed by atoms with Gasteiger partial charge in [-0.2, -0.15) is 11.3 Å². The summed E-state index contributed by atoms with van der Waals surface area (Å²) in [5, 5.41) is 18.4. The molecule has 4 rings (SSSR count). The molecule has 0 saturated carbocycles. The van der Waals surface area contributed by atoms with Crippen LogP contribution in [0.3, 0.4) is 0 Å². The van der Waals surface area contributed by atoms with Crippen molar-refractivity contribution in [2.24, 2.45) is 0 Å². The Labute approximate surface area is 169 Å². The van der Waals surface area contributed by atoms with E-state index in [0.717, 1.165) is 32.7 Å². The van der Waals surface area contributed by atoms with Crippen LogP contribution in [0, 0.1) is 0 Å². The van der Waals surface area contributed by atoms with Gasteiger partial charge in [0.15, 0.2) is 0 Å². The van der Waals surface area contributed by atoms with E-state index < -0.39 is 6.10 Å². The van der Waals surface area contributed by atoms with Crippen LogP contribution in [0.25, 0.3) is 21.6 Å². The van der Waals surface area contributed by atoms with Gasteiger partial charge in [0, 0.05) is 55.1 Å². The van der Waals surface area contributed by atoms with Crippen LogP contribution in [-0.4, -0.2) is 10.1 Å². The Hall–Kier alpha value is -1.69. The first-order chi connectivity index (χ1) is 12.6. The highest BCUT2D eigenvalue weighted by molar-refractivity contribution is 7.15. The van der Waals surface area contributed by atoms with Crippen molar-refractivity contribution < 1.29 is 5.11 Å². The number of hydrogen-bond donors (Lipinski definition) is 1. The number of halogens is 2. The van der Waals surface area contributed by atoms with E-state index in [2.05, 4.69) is 16.4 Å². The van der Waals surface area contributed by atoms with Gasteiger partial charge in [-0.3, -0.25) is 4.98 Å². The van der Waals surface area contributed by atoms with E-state index in [4.69, 9.17) is 23.2 Å². The molecule has 0 aliphatic carbocycles. The summed E-state index contributed by atoms with van der Waals surface area (Å²) in [4.78, 5) is 5.17. The summed E-state index contributed by atoms with van der Waals surface area (Å²) in [6, 6.07) is 11.2. The van der Waals surface area contributed by atoms with Crippen molar-refractivity contribution in [3.8, 4) is 21.6 Å². The fourth-order valence-electron chi connectivity index (χ4n) is 2.88. The number of aliphatic hydroxyl groups excluding tert-OH is 1. The van der Waals surface area contributed by atoms with Gasteiger partial charge in [0.2, 0.25) is 0 Å². The first-order valence-electron chi connectivity index (χ1n) is 7.82. The van der Waals surface area contributed by atoms with Crippen LogP contribution >= 0.6 is 45.9 Å². The number of aromatic nitrogens is 1. The van der Waals surface area contributed by atoms with Crippen molar-refractivity contribution in [1.82, 2.24) is 4.98 Å². The van der Waals surface area contributed by atoms with Crippen LogP contribution in [0.2, 0.25) is 10.0 Å². The third-order valence-corrected chi connectivity index (χ3v) is 6.38. The highest BCUT2D eigenvalue weighted by Gasteiger charge is 2.24. The van der Waals surface area contributed by atoms with E-state index in [1.807, 2.05) is 35.0 Å². The molecular weight excluding hydrogens is 405 g/mol. The Morgan fingerprint density at radius 1 is 1.04 bits per heavy atom. The van der Waals surface area contributed by atoms with E-state index in [-0.39, 0.29) is 0 Å². The SMILES string of the molecule is OC(c1cccnc1)c1c(-c2ccc(Cl)cc2Cl)csc1-c1ccsc1. The molecule has 0 aliphatic rings. The zero-order valence-electron chi connectivity index (χ0n) is 13.4. The maximum Gasteiger partial charge on any atom is 0.108 e. The van der Waals surface area contributed by atoms with Crippen LogP contribution in [-0.2, 0) is 0 Å². The molecule has 1 N–H and O–H groups in total. The lowest BCUT2D eigenvalue weighted by Gasteiger charge is -2.15. The van der Waals surface area contributed by atoms with Crippen molar-refractivity contribution in [2.45, 2.75) is 6.10 Å². The van der Waals surface area contributed by atoms with E-state index >= 15 is 0 Å². The lowest BCUT2D eigenvalue weighted by molar-refractivity contribution is 0.221. The van der Waals surface area contributed by atoms with E-state index in [1.165, 1.54) is 0 Å². The van der Waals surface area contributed by atoms with Crippen molar-refractivity contribution in [3.63, 3.8) is 0 Å². The first-order valence-corrected chi connectivity index (χ1v) is 10.4. The zero-order chi connectivity index (χ0) is 18.1. The maximum absolute atomic E-state index is 11.1. The molecular formula is C20H13Cl2NOS2. The molecule has 4 aromatic rings. The lowest BCUT2D eigenvalue weighted by atomic mass is 9.94.